The molecule has 2 nitrogen and oxygen atoms in total. The molecule has 4 heteroatoms. The highest BCUT2D eigenvalue weighted by Gasteiger charge is 1.99. The summed E-state index contributed by atoms with van der Waals surface area (Å²) in [5, 5.41) is 0. The normalized spacial score (nSPS) is 14.4. The third-order valence-corrected chi connectivity index (χ3v) is 7.67. The Morgan fingerprint density at radius 1 is 0.531 bits per heavy atom. The fraction of sp³-hybridized carbons (Fsp3) is 0.467. The van der Waals surface area contributed by atoms with Gasteiger partial charge in [0.1, 0.15) is 0 Å². The zero-order valence-electron chi connectivity index (χ0n) is 30.8. The van der Waals surface area contributed by atoms with Crippen LogP contribution in [0.25, 0.3) is 0 Å². The summed E-state index contributed by atoms with van der Waals surface area (Å²) in [6.07, 6.45) is 66.9. The Kier molecular flexibility index (Phi) is 49.2. The van der Waals surface area contributed by atoms with Gasteiger partial charge < -0.3 is 4.52 Å². The lowest BCUT2D eigenvalue weighted by molar-refractivity contribution is 0.289. The molecule has 0 amide bonds. The maximum absolute atomic E-state index is 10.9. The second kappa shape index (κ2) is 47.5. The molecule has 49 heavy (non-hydrogen) atoms. The van der Waals surface area contributed by atoms with Gasteiger partial charge >= 0.3 is 0 Å². The zero-order valence-corrected chi connectivity index (χ0v) is 32.8. The molecule has 0 rings (SSSR count). The third-order valence-electron chi connectivity index (χ3n) is 6.67. The summed E-state index contributed by atoms with van der Waals surface area (Å²) in [4.78, 5) is 0. The van der Waals surface area contributed by atoms with Crippen LogP contribution in [0.4, 0.5) is 0 Å². The van der Waals surface area contributed by atoms with Crippen LogP contribution in [0.2, 0.25) is 0 Å². The molecule has 0 spiro atoms. The predicted molar refractivity (Wildman–Crippen MR) is 230 cm³/mol. The van der Waals surface area contributed by atoms with Gasteiger partial charge in [0.15, 0.2) is 8.46 Å². The lowest BCUT2D eigenvalue weighted by Gasteiger charge is -2.04. The first-order chi connectivity index (χ1) is 23.7. The van der Waals surface area contributed by atoms with Crippen molar-refractivity contribution in [2.75, 3.05) is 0 Å². The number of unbranched alkanes of at least 4 members (excludes halogenated alkanes) is 2. The first kappa shape index (κ1) is 50.7. The van der Waals surface area contributed by atoms with E-state index in [1.807, 2.05) is 19.1 Å². The number of hydrogen-bond acceptors (Lipinski definition) is 2. The van der Waals surface area contributed by atoms with E-state index in [1.54, 1.807) is 0 Å². The lowest BCUT2D eigenvalue weighted by atomic mass is 10.2. The summed E-state index contributed by atoms with van der Waals surface area (Å²) in [5.74, 6) is 0. The van der Waals surface area contributed by atoms with Crippen molar-refractivity contribution in [1.29, 1.82) is 0 Å². The molecular weight excluding hydrogens is 634 g/mol. The van der Waals surface area contributed by atoms with Crippen molar-refractivity contribution in [1.82, 2.24) is 0 Å². The summed E-state index contributed by atoms with van der Waals surface area (Å²) >= 11 is 0. The molecule has 0 aromatic carbocycles. The van der Waals surface area contributed by atoms with E-state index in [9.17, 15) is 4.57 Å². The van der Waals surface area contributed by atoms with Crippen LogP contribution < -0.4 is 0 Å². The molecule has 274 valence electrons. The second-order valence-electron chi connectivity index (χ2n) is 11.0. The Morgan fingerprint density at radius 2 is 0.898 bits per heavy atom. The van der Waals surface area contributed by atoms with Gasteiger partial charge in [-0.2, -0.15) is 0 Å². The Balaban J connectivity index is -0.000000846. The highest BCUT2D eigenvalue weighted by Crippen LogP contribution is 2.13. The molecule has 0 N–H and O–H groups in total. The number of allylic oxidation sites excluding steroid dienone is 23. The van der Waals surface area contributed by atoms with Crippen LogP contribution in [0.3, 0.4) is 0 Å². The lowest BCUT2D eigenvalue weighted by Crippen LogP contribution is -1.99. The smallest absolute Gasteiger partial charge is 0.163 e. The van der Waals surface area contributed by atoms with Gasteiger partial charge in [-0.3, -0.25) is 4.57 Å². The largest absolute Gasteiger partial charge is 0.358 e. The standard InChI is InChI=1S/C22H35OP.C22H33OP.CH4/c1-3-5-6-7-8-9-10-11-12-13-14-15-16-17-18-19-20-21-22(4-2)23-24;1-3-5-6-7-8-9-10-11-12-13-14-15-16-17-18-19-21-22(24-23)20-4-2;/h6-7,9-10,12-13,15-16,18-22H,3-5,8,11,14,17,24H2,1-2H3;4,6-7,9-10,12-13,15-16,18-20,22H,3,5,8,11,14,17,21H2,1-2H3;1H4/b7-6-,10-9-,13-12-,16-15-,19-18-,21-20+;7-6-,10-9-,13-12-,16-15-,19-18-,20-4+;. The topological polar surface area (TPSA) is 26.3 Å². The summed E-state index contributed by atoms with van der Waals surface area (Å²) in [6, 6.07) is 0. The fourth-order valence-corrected chi connectivity index (χ4v) is 4.61. The van der Waals surface area contributed by atoms with Crippen molar-refractivity contribution >= 4 is 17.9 Å². The Hall–Kier alpha value is -2.63. The van der Waals surface area contributed by atoms with Crippen molar-refractivity contribution in [2.45, 2.75) is 137 Å². The first-order valence-corrected chi connectivity index (χ1v) is 19.5. The van der Waals surface area contributed by atoms with Crippen LogP contribution >= 0.6 is 17.9 Å². The van der Waals surface area contributed by atoms with E-state index >= 15 is 0 Å². The van der Waals surface area contributed by atoms with Gasteiger partial charge in [-0.25, -0.2) is 0 Å². The summed E-state index contributed by atoms with van der Waals surface area (Å²) in [6.45, 7) is 8.47. The van der Waals surface area contributed by atoms with E-state index < -0.39 is 0 Å². The second-order valence-corrected chi connectivity index (χ2v) is 12.2. The molecule has 0 fully saturated rings. The maximum atomic E-state index is 10.9. The minimum absolute atomic E-state index is 0. The SMILES string of the molecule is C.C/C=C/C(C/C=C\C/C=C\C/C=C\C/C=C\C/C=C\CCC)P=O.CCC/C=C\C/C=C\C/C=C\C/C=C\C/C=C\C=C\C(CC)OP. The Morgan fingerprint density at radius 3 is 1.22 bits per heavy atom. The molecule has 0 aliphatic heterocycles. The van der Waals surface area contributed by atoms with Gasteiger partial charge in [0.2, 0.25) is 0 Å². The van der Waals surface area contributed by atoms with Crippen molar-refractivity contribution < 1.29 is 9.09 Å². The van der Waals surface area contributed by atoms with Crippen LogP contribution in [-0.4, -0.2) is 11.8 Å². The molecule has 0 heterocycles. The first-order valence-electron chi connectivity index (χ1n) is 18.2. The predicted octanol–water partition coefficient (Wildman–Crippen LogP) is 15.7. The average Bonchev–Trinajstić information content (AvgIpc) is 3.10. The molecule has 3 atom stereocenters. The Bertz CT molecular complexity index is 1040. The highest BCUT2D eigenvalue weighted by atomic mass is 31.1. The summed E-state index contributed by atoms with van der Waals surface area (Å²) in [7, 11) is 2.52. The fourth-order valence-electron chi connectivity index (χ4n) is 3.88. The molecule has 0 radical (unpaired) electrons. The van der Waals surface area contributed by atoms with Crippen molar-refractivity contribution in [3.63, 3.8) is 0 Å². The van der Waals surface area contributed by atoms with E-state index in [0.29, 0.717) is 0 Å². The van der Waals surface area contributed by atoms with E-state index in [-0.39, 0.29) is 27.6 Å². The van der Waals surface area contributed by atoms with Crippen LogP contribution in [0.5, 0.6) is 0 Å². The molecule has 0 saturated heterocycles. The van der Waals surface area contributed by atoms with E-state index in [1.165, 1.54) is 25.7 Å². The van der Waals surface area contributed by atoms with Crippen molar-refractivity contribution in [2.24, 2.45) is 0 Å². The third kappa shape index (κ3) is 45.4. The minimum atomic E-state index is 0. The average molecular weight is 707 g/mol. The number of hydrogen-bond donors (Lipinski definition) is 0. The molecule has 3 unspecified atom stereocenters. The summed E-state index contributed by atoms with van der Waals surface area (Å²) in [5.41, 5.74) is 0.119. The quantitative estimate of drug-likeness (QED) is 0.0460. The van der Waals surface area contributed by atoms with Crippen molar-refractivity contribution in [3.05, 3.63) is 146 Å². The zero-order chi connectivity index (χ0) is 35.4. The van der Waals surface area contributed by atoms with Gasteiger partial charge in [-0.1, -0.05) is 187 Å². The van der Waals surface area contributed by atoms with Gasteiger partial charge in [0.05, 0.1) is 11.8 Å². The molecule has 0 aromatic heterocycles. The van der Waals surface area contributed by atoms with Crippen LogP contribution in [0.1, 0.15) is 125 Å². The summed E-state index contributed by atoms with van der Waals surface area (Å²) < 4.78 is 16.1. The maximum Gasteiger partial charge on any atom is 0.163 e. The van der Waals surface area contributed by atoms with E-state index in [2.05, 4.69) is 164 Å². The van der Waals surface area contributed by atoms with Crippen LogP contribution in [0.15, 0.2) is 146 Å². The molecular formula is C45H72O2P2. The van der Waals surface area contributed by atoms with E-state index in [4.69, 9.17) is 4.52 Å². The molecule has 0 aliphatic carbocycles. The molecule has 0 aliphatic rings. The van der Waals surface area contributed by atoms with Crippen molar-refractivity contribution in [3.8, 4) is 0 Å². The van der Waals surface area contributed by atoms with Crippen LogP contribution in [-0.2, 0) is 9.09 Å². The van der Waals surface area contributed by atoms with Gasteiger partial charge in [-0.15, -0.1) is 0 Å². The highest BCUT2D eigenvalue weighted by molar-refractivity contribution is 7.25. The number of rotatable bonds is 28. The Labute approximate surface area is 308 Å². The van der Waals surface area contributed by atoms with E-state index in [0.717, 1.165) is 64.2 Å². The monoisotopic (exact) mass is 707 g/mol. The molecule has 0 bridgehead atoms. The molecule has 0 aromatic rings. The van der Waals surface area contributed by atoms with Gasteiger partial charge in [0.25, 0.3) is 0 Å². The molecule has 0 saturated carbocycles. The minimum Gasteiger partial charge on any atom is -0.358 e. The van der Waals surface area contributed by atoms with Gasteiger partial charge in [-0.05, 0) is 84.0 Å². The van der Waals surface area contributed by atoms with Gasteiger partial charge in [0, 0.05) is 9.47 Å². The van der Waals surface area contributed by atoms with Crippen LogP contribution in [0, 0.1) is 0 Å².